The van der Waals surface area contributed by atoms with E-state index in [0.717, 1.165) is 32.0 Å². The Bertz CT molecular complexity index is 1160. The van der Waals surface area contributed by atoms with Gasteiger partial charge in [0.2, 0.25) is 5.91 Å². The maximum atomic E-state index is 11.7. The van der Waals surface area contributed by atoms with Crippen LogP contribution < -0.4 is 5.73 Å². The minimum absolute atomic E-state index is 0.266. The Morgan fingerprint density at radius 1 is 1.00 bits per heavy atom. The molecule has 5 nitrogen and oxygen atoms in total. The fourth-order valence-electron chi connectivity index (χ4n) is 3.01. The van der Waals surface area contributed by atoms with E-state index in [1.165, 1.54) is 11.3 Å². The maximum absolute atomic E-state index is 11.7. The molecule has 1 amide bonds. The number of pyridine rings is 1. The van der Waals surface area contributed by atoms with Gasteiger partial charge in [-0.15, -0.1) is 11.3 Å². The largest absolute Gasteiger partial charge is 0.477 e. The maximum Gasteiger partial charge on any atom is 0.345 e. The van der Waals surface area contributed by atoms with Crippen LogP contribution in [0.15, 0.2) is 54.9 Å². The number of aromatic nitrogens is 1. The van der Waals surface area contributed by atoms with Crippen molar-refractivity contribution in [3.05, 3.63) is 65.3 Å². The number of hydrogen-bond donors (Lipinski definition) is 2. The normalized spacial score (nSPS) is 11.0. The number of carboxylic acids is 1. The van der Waals surface area contributed by atoms with Gasteiger partial charge in [0.15, 0.2) is 0 Å². The number of fused-ring (bicyclic) bond motifs is 2. The SMILES string of the molecule is NC(=O)c1ccc(-c2cncc3cc(C(=O)O)sc23)c2ccccc12. The molecule has 0 aliphatic heterocycles. The molecule has 122 valence electrons. The number of rotatable bonds is 3. The molecule has 0 fully saturated rings. The highest BCUT2D eigenvalue weighted by Crippen LogP contribution is 2.38. The fourth-order valence-corrected chi connectivity index (χ4v) is 4.00. The monoisotopic (exact) mass is 348 g/mol. The second kappa shape index (κ2) is 5.68. The highest BCUT2D eigenvalue weighted by Gasteiger charge is 2.16. The fraction of sp³-hybridized carbons (Fsp3) is 0. The zero-order valence-corrected chi connectivity index (χ0v) is 13.7. The summed E-state index contributed by atoms with van der Waals surface area (Å²) in [4.78, 5) is 27.5. The number of carbonyl (C=O) groups excluding carboxylic acids is 1. The number of amides is 1. The summed E-state index contributed by atoms with van der Waals surface area (Å²) < 4.78 is 0.851. The van der Waals surface area contributed by atoms with Gasteiger partial charge >= 0.3 is 5.97 Å². The topological polar surface area (TPSA) is 93.3 Å². The number of aromatic carboxylic acids is 1. The van der Waals surface area contributed by atoms with E-state index in [-0.39, 0.29) is 4.88 Å². The van der Waals surface area contributed by atoms with Crippen molar-refractivity contribution in [1.82, 2.24) is 4.98 Å². The molecule has 2 aromatic carbocycles. The predicted molar refractivity (Wildman–Crippen MR) is 98.0 cm³/mol. The number of primary amides is 1. The van der Waals surface area contributed by atoms with E-state index in [1.54, 1.807) is 24.5 Å². The lowest BCUT2D eigenvalue weighted by molar-refractivity contribution is 0.0702. The van der Waals surface area contributed by atoms with E-state index >= 15 is 0 Å². The first-order chi connectivity index (χ1) is 12.1. The van der Waals surface area contributed by atoms with Crippen LogP contribution in [0, 0.1) is 0 Å². The van der Waals surface area contributed by atoms with E-state index in [0.29, 0.717) is 5.56 Å². The first-order valence-corrected chi connectivity index (χ1v) is 8.30. The van der Waals surface area contributed by atoms with Crippen LogP contribution in [-0.2, 0) is 0 Å². The molecule has 0 radical (unpaired) electrons. The molecule has 0 bridgehead atoms. The molecule has 0 aliphatic carbocycles. The van der Waals surface area contributed by atoms with Crippen molar-refractivity contribution in [3.63, 3.8) is 0 Å². The number of hydrogen-bond acceptors (Lipinski definition) is 4. The smallest absolute Gasteiger partial charge is 0.345 e. The molecule has 4 rings (SSSR count). The van der Waals surface area contributed by atoms with Crippen LogP contribution in [0.1, 0.15) is 20.0 Å². The molecule has 0 atom stereocenters. The summed E-state index contributed by atoms with van der Waals surface area (Å²) in [5, 5.41) is 11.7. The van der Waals surface area contributed by atoms with Gasteiger partial charge in [0.05, 0.1) is 0 Å². The number of nitrogens with zero attached hydrogens (tertiary/aromatic N) is 1. The van der Waals surface area contributed by atoms with Gasteiger partial charge in [-0.3, -0.25) is 9.78 Å². The van der Waals surface area contributed by atoms with Gasteiger partial charge in [-0.1, -0.05) is 30.3 Å². The van der Waals surface area contributed by atoms with Crippen LogP contribution >= 0.6 is 11.3 Å². The van der Waals surface area contributed by atoms with Crippen LogP contribution in [0.25, 0.3) is 32.0 Å². The highest BCUT2D eigenvalue weighted by molar-refractivity contribution is 7.21. The van der Waals surface area contributed by atoms with Crippen LogP contribution in [0.4, 0.5) is 0 Å². The summed E-state index contributed by atoms with van der Waals surface area (Å²) in [6.45, 7) is 0. The first-order valence-electron chi connectivity index (χ1n) is 7.49. The minimum Gasteiger partial charge on any atom is -0.477 e. The molecule has 2 aromatic heterocycles. The van der Waals surface area contributed by atoms with Crippen LogP contribution in [0.3, 0.4) is 0 Å². The predicted octanol–water partition coefficient (Wildman–Crippen LogP) is 3.91. The van der Waals surface area contributed by atoms with Crippen molar-refractivity contribution in [2.24, 2.45) is 5.73 Å². The van der Waals surface area contributed by atoms with Crippen molar-refractivity contribution < 1.29 is 14.7 Å². The third-order valence-electron chi connectivity index (χ3n) is 4.11. The lowest BCUT2D eigenvalue weighted by atomic mass is 9.95. The Hall–Kier alpha value is -3.25. The number of thiophene rings is 1. The van der Waals surface area contributed by atoms with E-state index < -0.39 is 11.9 Å². The molecular formula is C19H12N2O3S. The molecule has 0 saturated carbocycles. The second-order valence-corrected chi connectivity index (χ2v) is 6.64. The van der Waals surface area contributed by atoms with E-state index in [9.17, 15) is 14.7 Å². The summed E-state index contributed by atoms with van der Waals surface area (Å²) in [5.41, 5.74) is 7.66. The molecule has 0 saturated heterocycles. The molecule has 2 heterocycles. The number of nitrogens with two attached hydrogens (primary N) is 1. The summed E-state index contributed by atoms with van der Waals surface area (Å²) in [6, 6.07) is 12.7. The van der Waals surface area contributed by atoms with Gasteiger partial charge in [0.25, 0.3) is 0 Å². The molecule has 25 heavy (non-hydrogen) atoms. The molecule has 4 aromatic rings. The molecule has 6 heteroatoms. The summed E-state index contributed by atoms with van der Waals surface area (Å²) in [6.07, 6.45) is 3.37. The van der Waals surface area contributed by atoms with E-state index in [2.05, 4.69) is 4.98 Å². The number of carbonyl (C=O) groups is 2. The van der Waals surface area contributed by atoms with Crippen molar-refractivity contribution in [2.45, 2.75) is 0 Å². The van der Waals surface area contributed by atoms with Gasteiger partial charge in [-0.2, -0.15) is 0 Å². The summed E-state index contributed by atoms with van der Waals surface area (Å²) in [7, 11) is 0. The Balaban J connectivity index is 2.06. The van der Waals surface area contributed by atoms with Gasteiger partial charge in [0, 0.05) is 33.6 Å². The van der Waals surface area contributed by atoms with Gasteiger partial charge < -0.3 is 10.8 Å². The van der Waals surface area contributed by atoms with Crippen molar-refractivity contribution in [2.75, 3.05) is 0 Å². The second-order valence-electron chi connectivity index (χ2n) is 5.59. The Morgan fingerprint density at radius 2 is 1.76 bits per heavy atom. The lowest BCUT2D eigenvalue weighted by Gasteiger charge is -2.10. The van der Waals surface area contributed by atoms with Gasteiger partial charge in [-0.25, -0.2) is 4.79 Å². The average Bonchev–Trinajstić information content (AvgIpc) is 3.05. The van der Waals surface area contributed by atoms with Gasteiger partial charge in [-0.05, 0) is 28.5 Å². The summed E-state index contributed by atoms with van der Waals surface area (Å²) in [5.74, 6) is -1.44. The van der Waals surface area contributed by atoms with Crippen molar-refractivity contribution in [3.8, 4) is 11.1 Å². The zero-order valence-electron chi connectivity index (χ0n) is 12.9. The molecule has 3 N–H and O–H groups in total. The third-order valence-corrected chi connectivity index (χ3v) is 5.29. The minimum atomic E-state index is -0.957. The standard InChI is InChI=1S/C19H12N2O3S/c20-18(22)14-6-5-13(11-3-1-2-4-12(11)14)15-9-21-8-10-7-16(19(23)24)25-17(10)15/h1-9H,(H2,20,22)(H,23,24). The van der Waals surface area contributed by atoms with Crippen LogP contribution in [0.5, 0.6) is 0 Å². The molecule has 0 spiro atoms. The zero-order chi connectivity index (χ0) is 17.6. The van der Waals surface area contributed by atoms with Crippen molar-refractivity contribution in [1.29, 1.82) is 0 Å². The molecule has 0 unspecified atom stereocenters. The molecular weight excluding hydrogens is 336 g/mol. The van der Waals surface area contributed by atoms with E-state index in [1.807, 2.05) is 30.3 Å². The Labute approximate surface area is 146 Å². The number of benzene rings is 2. The van der Waals surface area contributed by atoms with E-state index in [4.69, 9.17) is 5.73 Å². The Morgan fingerprint density at radius 3 is 2.48 bits per heavy atom. The number of carboxylic acid groups (broad SMARTS) is 1. The average molecular weight is 348 g/mol. The van der Waals surface area contributed by atoms with Crippen LogP contribution in [-0.4, -0.2) is 22.0 Å². The summed E-state index contributed by atoms with van der Waals surface area (Å²) >= 11 is 1.21. The van der Waals surface area contributed by atoms with Crippen LogP contribution in [0.2, 0.25) is 0 Å². The quantitative estimate of drug-likeness (QED) is 0.587. The third kappa shape index (κ3) is 2.43. The highest BCUT2D eigenvalue weighted by atomic mass is 32.1. The lowest BCUT2D eigenvalue weighted by Crippen LogP contribution is -2.11. The Kier molecular flexibility index (Phi) is 3.47. The van der Waals surface area contributed by atoms with Crippen molar-refractivity contribution >= 4 is 44.1 Å². The first kappa shape index (κ1) is 15.3. The molecule has 0 aliphatic rings. The van der Waals surface area contributed by atoms with Gasteiger partial charge in [0.1, 0.15) is 4.88 Å².